The lowest BCUT2D eigenvalue weighted by Gasteiger charge is -2.28. The monoisotopic (exact) mass is 252 g/mol. The predicted octanol–water partition coefficient (Wildman–Crippen LogP) is 1.58. The van der Waals surface area contributed by atoms with Crippen molar-refractivity contribution in [2.45, 2.75) is 26.8 Å². The van der Waals surface area contributed by atoms with Crippen molar-refractivity contribution in [2.75, 3.05) is 25.2 Å². The molecule has 1 saturated heterocycles. The van der Waals surface area contributed by atoms with Crippen LogP contribution < -0.4 is 5.32 Å². The van der Waals surface area contributed by atoms with Gasteiger partial charge in [0.25, 0.3) is 0 Å². The number of thioether (sulfide) groups is 1. The van der Waals surface area contributed by atoms with Crippen molar-refractivity contribution in [2.24, 2.45) is 5.41 Å². The van der Waals surface area contributed by atoms with Gasteiger partial charge in [-0.1, -0.05) is 20.8 Å². The van der Waals surface area contributed by atoms with Gasteiger partial charge in [0.15, 0.2) is 0 Å². The number of rotatable bonds is 2. The van der Waals surface area contributed by atoms with E-state index in [1.54, 1.807) is 11.8 Å². The molecule has 1 fully saturated rings. The van der Waals surface area contributed by atoms with Crippen LogP contribution in [0.2, 0.25) is 0 Å². The first kappa shape index (κ1) is 15.1. The minimum Gasteiger partial charge on any atom is -0.344 e. The molecule has 0 radical (unpaired) electrons. The van der Waals surface area contributed by atoms with Gasteiger partial charge in [0.2, 0.25) is 5.91 Å². The molecule has 3 nitrogen and oxygen atoms in total. The van der Waals surface area contributed by atoms with Crippen LogP contribution in [0.1, 0.15) is 20.8 Å². The summed E-state index contributed by atoms with van der Waals surface area (Å²) in [5.41, 5.74) is 0.177. The second-order valence-electron chi connectivity index (χ2n) is 5.03. The molecule has 0 bridgehead atoms. The van der Waals surface area contributed by atoms with E-state index in [2.05, 4.69) is 26.1 Å². The number of likely N-dealkylation sites (N-methyl/N-ethyl adjacent to an activating group) is 1. The Morgan fingerprint density at radius 3 is 2.53 bits per heavy atom. The van der Waals surface area contributed by atoms with E-state index < -0.39 is 0 Å². The van der Waals surface area contributed by atoms with Gasteiger partial charge in [0.1, 0.15) is 0 Å². The van der Waals surface area contributed by atoms with Gasteiger partial charge < -0.3 is 4.90 Å². The first-order valence-corrected chi connectivity index (χ1v) is 6.12. The third kappa shape index (κ3) is 5.09. The summed E-state index contributed by atoms with van der Waals surface area (Å²) in [4.78, 5) is 13.7. The molecule has 1 amide bonds. The summed E-state index contributed by atoms with van der Waals surface area (Å²) < 4.78 is 0. The van der Waals surface area contributed by atoms with Crippen molar-refractivity contribution in [1.29, 1.82) is 0 Å². The van der Waals surface area contributed by atoms with Gasteiger partial charge >= 0.3 is 0 Å². The second kappa shape index (κ2) is 5.97. The highest BCUT2D eigenvalue weighted by Gasteiger charge is 2.27. The highest BCUT2D eigenvalue weighted by atomic mass is 35.5. The number of halogens is 1. The number of hydrogen-bond acceptors (Lipinski definition) is 3. The molecule has 1 atom stereocenters. The van der Waals surface area contributed by atoms with Crippen LogP contribution in [0.4, 0.5) is 0 Å². The maximum Gasteiger partial charge on any atom is 0.240 e. The number of hydrogen-bond donors (Lipinski definition) is 1. The van der Waals surface area contributed by atoms with Crippen molar-refractivity contribution in [3.8, 4) is 0 Å². The van der Waals surface area contributed by atoms with E-state index in [9.17, 15) is 4.79 Å². The van der Waals surface area contributed by atoms with Gasteiger partial charge in [0, 0.05) is 25.2 Å². The predicted molar refractivity (Wildman–Crippen MR) is 68.6 cm³/mol. The maximum absolute atomic E-state index is 11.9. The highest BCUT2D eigenvalue weighted by molar-refractivity contribution is 7.99. The van der Waals surface area contributed by atoms with E-state index in [-0.39, 0.29) is 29.8 Å². The largest absolute Gasteiger partial charge is 0.344 e. The lowest BCUT2D eigenvalue weighted by atomic mass is 9.96. The summed E-state index contributed by atoms with van der Waals surface area (Å²) in [6, 6.07) is 0.0346. The Bertz CT molecular complexity index is 212. The molecule has 5 heteroatoms. The second-order valence-corrected chi connectivity index (χ2v) is 6.06. The van der Waals surface area contributed by atoms with Gasteiger partial charge in [-0.05, 0) is 5.41 Å². The van der Waals surface area contributed by atoms with Crippen molar-refractivity contribution < 1.29 is 4.79 Å². The molecule has 0 aliphatic carbocycles. The zero-order chi connectivity index (χ0) is 10.8. The first-order chi connectivity index (χ1) is 6.40. The molecule has 0 spiro atoms. The summed E-state index contributed by atoms with van der Waals surface area (Å²) >= 11 is 1.79. The lowest BCUT2D eigenvalue weighted by molar-refractivity contribution is -0.132. The van der Waals surface area contributed by atoms with Crippen LogP contribution in [0.3, 0.4) is 0 Å². The van der Waals surface area contributed by atoms with Gasteiger partial charge in [-0.25, -0.2) is 0 Å². The Morgan fingerprint density at radius 1 is 1.53 bits per heavy atom. The highest BCUT2D eigenvalue weighted by Crippen LogP contribution is 2.17. The molecule has 1 heterocycles. The summed E-state index contributed by atoms with van der Waals surface area (Å²) in [5, 5.41) is 3.19. The third-order valence-corrected chi connectivity index (χ3v) is 3.04. The van der Waals surface area contributed by atoms with Crippen LogP contribution in [0.25, 0.3) is 0 Å². The number of carbonyl (C=O) groups is 1. The Hall–Kier alpha value is 0.0700. The lowest BCUT2D eigenvalue weighted by Crippen LogP contribution is -2.45. The molecular weight excluding hydrogens is 232 g/mol. The van der Waals surface area contributed by atoms with E-state index in [1.165, 1.54) is 0 Å². The summed E-state index contributed by atoms with van der Waals surface area (Å²) in [7, 11) is 1.89. The quantitative estimate of drug-likeness (QED) is 0.810. The van der Waals surface area contributed by atoms with Crippen molar-refractivity contribution >= 4 is 30.1 Å². The standard InChI is InChI=1S/C10H20N2OS.ClH/c1-10(2,3)6-12(4)9(13)8-5-14-7-11-8;/h8,11H,5-7H2,1-4H3;1H/t8-;/m1./s1. The van der Waals surface area contributed by atoms with Gasteiger partial charge in [0.05, 0.1) is 6.04 Å². The average Bonchev–Trinajstić information content (AvgIpc) is 2.51. The van der Waals surface area contributed by atoms with E-state index in [0.717, 1.165) is 18.2 Å². The van der Waals surface area contributed by atoms with Crippen molar-refractivity contribution in [1.82, 2.24) is 10.2 Å². The van der Waals surface area contributed by atoms with E-state index in [4.69, 9.17) is 0 Å². The average molecular weight is 253 g/mol. The fourth-order valence-electron chi connectivity index (χ4n) is 1.61. The normalized spacial score (nSPS) is 20.9. The molecule has 0 unspecified atom stereocenters. The molecule has 15 heavy (non-hydrogen) atoms. The Morgan fingerprint density at radius 2 is 2.13 bits per heavy atom. The molecule has 1 aliphatic rings. The maximum atomic E-state index is 11.9. The molecule has 0 aromatic heterocycles. The van der Waals surface area contributed by atoms with Crippen molar-refractivity contribution in [3.63, 3.8) is 0 Å². The molecule has 0 saturated carbocycles. The topological polar surface area (TPSA) is 32.3 Å². The molecule has 0 aromatic carbocycles. The summed E-state index contributed by atoms with van der Waals surface area (Å²) in [5.74, 6) is 2.04. The molecule has 1 N–H and O–H groups in total. The minimum absolute atomic E-state index is 0. The molecule has 90 valence electrons. The molecule has 1 aliphatic heterocycles. The smallest absolute Gasteiger partial charge is 0.240 e. The zero-order valence-electron chi connectivity index (χ0n) is 9.87. The number of nitrogens with one attached hydrogen (secondary N) is 1. The number of carbonyl (C=O) groups excluding carboxylic acids is 1. The van der Waals surface area contributed by atoms with Gasteiger partial charge in [-0.2, -0.15) is 0 Å². The van der Waals surface area contributed by atoms with E-state index in [1.807, 2.05) is 11.9 Å². The van der Waals surface area contributed by atoms with Crippen LogP contribution >= 0.6 is 24.2 Å². The summed E-state index contributed by atoms with van der Waals surface area (Å²) in [6.45, 7) is 7.25. The van der Waals surface area contributed by atoms with E-state index >= 15 is 0 Å². The molecular formula is C10H21ClN2OS. The molecule has 1 rings (SSSR count). The third-order valence-electron chi connectivity index (χ3n) is 2.10. The van der Waals surface area contributed by atoms with Crippen LogP contribution in [0, 0.1) is 5.41 Å². The van der Waals surface area contributed by atoms with Crippen LogP contribution in [0.5, 0.6) is 0 Å². The van der Waals surface area contributed by atoms with E-state index in [0.29, 0.717) is 0 Å². The summed E-state index contributed by atoms with van der Waals surface area (Å²) in [6.07, 6.45) is 0. The number of amides is 1. The Kier molecular flexibility index (Phi) is 5.99. The van der Waals surface area contributed by atoms with Gasteiger partial charge in [-0.15, -0.1) is 24.2 Å². The van der Waals surface area contributed by atoms with Crippen molar-refractivity contribution in [3.05, 3.63) is 0 Å². The zero-order valence-corrected chi connectivity index (χ0v) is 11.5. The molecule has 0 aromatic rings. The minimum atomic E-state index is 0. The number of nitrogens with zero attached hydrogens (tertiary/aromatic N) is 1. The first-order valence-electron chi connectivity index (χ1n) is 4.96. The SMILES string of the molecule is CN(CC(C)(C)C)C(=O)[C@H]1CSCN1.Cl. The van der Waals surface area contributed by atoms with Crippen LogP contribution in [-0.4, -0.2) is 42.1 Å². The van der Waals surface area contributed by atoms with Crippen LogP contribution in [0.15, 0.2) is 0 Å². The fraction of sp³-hybridized carbons (Fsp3) is 0.900. The Balaban J connectivity index is 0.00000196. The van der Waals surface area contributed by atoms with Crippen LogP contribution in [-0.2, 0) is 4.79 Å². The fourth-order valence-corrected chi connectivity index (χ4v) is 2.54. The Labute approximate surface area is 103 Å². The van der Waals surface area contributed by atoms with Gasteiger partial charge in [-0.3, -0.25) is 10.1 Å².